The highest BCUT2D eigenvalue weighted by atomic mass is 19.1. The van der Waals surface area contributed by atoms with Gasteiger partial charge in [-0.05, 0) is 17.7 Å². The zero-order valence-corrected chi connectivity index (χ0v) is 10.5. The molecule has 1 rings (SSSR count). The van der Waals surface area contributed by atoms with Gasteiger partial charge in [0.25, 0.3) is 0 Å². The number of benzene rings is 1. The SMILES string of the molecule is COCCNC(=O)CCNCc1ccc(F)cc1. The van der Waals surface area contributed by atoms with Crippen molar-refractivity contribution in [3.8, 4) is 0 Å². The number of methoxy groups -OCH3 is 1. The van der Waals surface area contributed by atoms with E-state index < -0.39 is 0 Å². The van der Waals surface area contributed by atoms with Gasteiger partial charge in [-0.15, -0.1) is 0 Å². The Balaban J connectivity index is 2.07. The van der Waals surface area contributed by atoms with Crippen molar-refractivity contribution in [2.45, 2.75) is 13.0 Å². The van der Waals surface area contributed by atoms with Gasteiger partial charge in [0.1, 0.15) is 5.82 Å². The molecule has 100 valence electrons. The molecule has 0 heterocycles. The Hall–Kier alpha value is -1.46. The maximum atomic E-state index is 12.6. The monoisotopic (exact) mass is 254 g/mol. The van der Waals surface area contributed by atoms with Crippen molar-refractivity contribution < 1.29 is 13.9 Å². The first-order valence-corrected chi connectivity index (χ1v) is 5.93. The molecule has 0 aliphatic carbocycles. The maximum absolute atomic E-state index is 12.6. The third kappa shape index (κ3) is 6.32. The van der Waals surface area contributed by atoms with Crippen LogP contribution < -0.4 is 10.6 Å². The largest absolute Gasteiger partial charge is 0.383 e. The fourth-order valence-corrected chi connectivity index (χ4v) is 1.42. The molecular weight excluding hydrogens is 235 g/mol. The van der Waals surface area contributed by atoms with Crippen LogP contribution in [0.2, 0.25) is 0 Å². The molecule has 0 aliphatic rings. The van der Waals surface area contributed by atoms with Gasteiger partial charge in [-0.25, -0.2) is 4.39 Å². The summed E-state index contributed by atoms with van der Waals surface area (Å²) in [5.41, 5.74) is 0.996. The van der Waals surface area contributed by atoms with Crippen molar-refractivity contribution in [1.29, 1.82) is 0 Å². The number of hydrogen-bond acceptors (Lipinski definition) is 3. The lowest BCUT2D eigenvalue weighted by Crippen LogP contribution is -2.29. The van der Waals surface area contributed by atoms with Crippen molar-refractivity contribution in [3.05, 3.63) is 35.6 Å². The second-order valence-corrected chi connectivity index (χ2v) is 3.90. The normalized spacial score (nSPS) is 10.3. The molecule has 0 aliphatic heterocycles. The van der Waals surface area contributed by atoms with Gasteiger partial charge >= 0.3 is 0 Å². The highest BCUT2D eigenvalue weighted by molar-refractivity contribution is 5.75. The molecule has 5 heteroatoms. The number of rotatable bonds is 8. The number of ether oxygens (including phenoxy) is 1. The molecule has 0 spiro atoms. The quantitative estimate of drug-likeness (QED) is 0.682. The Labute approximate surface area is 107 Å². The smallest absolute Gasteiger partial charge is 0.221 e. The summed E-state index contributed by atoms with van der Waals surface area (Å²) >= 11 is 0. The molecule has 2 N–H and O–H groups in total. The van der Waals surface area contributed by atoms with Crippen molar-refractivity contribution in [3.63, 3.8) is 0 Å². The summed E-state index contributed by atoms with van der Waals surface area (Å²) in [6, 6.07) is 6.30. The molecular formula is C13H19FN2O2. The van der Waals surface area contributed by atoms with Crippen molar-refractivity contribution in [2.75, 3.05) is 26.8 Å². The summed E-state index contributed by atoms with van der Waals surface area (Å²) < 4.78 is 17.5. The Kier molecular flexibility index (Phi) is 6.98. The van der Waals surface area contributed by atoms with Crippen LogP contribution in [0.25, 0.3) is 0 Å². The molecule has 0 atom stereocenters. The van der Waals surface area contributed by atoms with E-state index in [-0.39, 0.29) is 11.7 Å². The van der Waals surface area contributed by atoms with Crippen LogP contribution in [-0.2, 0) is 16.1 Å². The highest BCUT2D eigenvalue weighted by Crippen LogP contribution is 2.01. The number of halogens is 1. The molecule has 0 radical (unpaired) electrons. The zero-order valence-electron chi connectivity index (χ0n) is 10.5. The van der Waals surface area contributed by atoms with Gasteiger partial charge in [0.2, 0.25) is 5.91 Å². The minimum atomic E-state index is -0.240. The van der Waals surface area contributed by atoms with Gasteiger partial charge in [-0.2, -0.15) is 0 Å². The zero-order chi connectivity index (χ0) is 13.2. The van der Waals surface area contributed by atoms with Crippen LogP contribution in [0.5, 0.6) is 0 Å². The summed E-state index contributed by atoms with van der Waals surface area (Å²) in [7, 11) is 1.59. The number of carbonyl (C=O) groups is 1. The molecule has 1 aromatic rings. The number of amides is 1. The van der Waals surface area contributed by atoms with E-state index in [1.54, 1.807) is 19.2 Å². The lowest BCUT2D eigenvalue weighted by Gasteiger charge is -2.06. The Bertz CT molecular complexity index is 355. The van der Waals surface area contributed by atoms with Crippen LogP contribution in [-0.4, -0.2) is 32.7 Å². The lowest BCUT2D eigenvalue weighted by molar-refractivity contribution is -0.121. The van der Waals surface area contributed by atoms with E-state index in [9.17, 15) is 9.18 Å². The molecule has 0 unspecified atom stereocenters. The van der Waals surface area contributed by atoms with E-state index in [0.29, 0.717) is 32.7 Å². The molecule has 1 aromatic carbocycles. The number of nitrogens with one attached hydrogen (secondary N) is 2. The maximum Gasteiger partial charge on any atom is 0.221 e. The molecule has 1 amide bonds. The number of carbonyl (C=O) groups excluding carboxylic acids is 1. The number of hydrogen-bond donors (Lipinski definition) is 2. The third-order valence-corrected chi connectivity index (χ3v) is 2.40. The summed E-state index contributed by atoms with van der Waals surface area (Å²) in [6.07, 6.45) is 0.422. The van der Waals surface area contributed by atoms with Gasteiger partial charge in [0.05, 0.1) is 6.61 Å². The summed E-state index contributed by atoms with van der Waals surface area (Å²) in [5.74, 6) is -0.241. The fourth-order valence-electron chi connectivity index (χ4n) is 1.42. The van der Waals surface area contributed by atoms with Crippen LogP contribution >= 0.6 is 0 Å². The van der Waals surface area contributed by atoms with Gasteiger partial charge in [0, 0.05) is 33.2 Å². The van der Waals surface area contributed by atoms with Gasteiger partial charge < -0.3 is 15.4 Å². The van der Waals surface area contributed by atoms with E-state index in [4.69, 9.17) is 4.74 Å². The molecule has 0 saturated carbocycles. The van der Waals surface area contributed by atoms with Crippen molar-refractivity contribution in [1.82, 2.24) is 10.6 Å². The average molecular weight is 254 g/mol. The van der Waals surface area contributed by atoms with Gasteiger partial charge in [-0.1, -0.05) is 12.1 Å². The summed E-state index contributed by atoms with van der Waals surface area (Å²) in [4.78, 5) is 11.3. The topological polar surface area (TPSA) is 50.4 Å². The average Bonchev–Trinajstić information content (AvgIpc) is 2.37. The molecule has 0 saturated heterocycles. The minimum absolute atomic E-state index is 0.00124. The first-order valence-electron chi connectivity index (χ1n) is 5.93. The van der Waals surface area contributed by atoms with Crippen molar-refractivity contribution in [2.24, 2.45) is 0 Å². The second-order valence-electron chi connectivity index (χ2n) is 3.90. The standard InChI is InChI=1S/C13H19FN2O2/c1-18-9-8-16-13(17)6-7-15-10-11-2-4-12(14)5-3-11/h2-5,15H,6-10H2,1H3,(H,16,17). The van der Waals surface area contributed by atoms with Crippen LogP contribution in [0, 0.1) is 5.82 Å². The van der Waals surface area contributed by atoms with E-state index in [2.05, 4.69) is 10.6 Å². The van der Waals surface area contributed by atoms with Crippen LogP contribution in [0.1, 0.15) is 12.0 Å². The predicted octanol–water partition coefficient (Wildman–Crippen LogP) is 1.07. The lowest BCUT2D eigenvalue weighted by atomic mass is 10.2. The predicted molar refractivity (Wildman–Crippen MR) is 67.6 cm³/mol. The Morgan fingerprint density at radius 3 is 2.67 bits per heavy atom. The highest BCUT2D eigenvalue weighted by Gasteiger charge is 2.00. The van der Waals surface area contributed by atoms with E-state index in [1.807, 2.05) is 0 Å². The fraction of sp³-hybridized carbons (Fsp3) is 0.462. The summed E-state index contributed by atoms with van der Waals surface area (Å²) in [6.45, 7) is 2.28. The molecule has 18 heavy (non-hydrogen) atoms. The van der Waals surface area contributed by atoms with Crippen molar-refractivity contribution >= 4 is 5.91 Å². The van der Waals surface area contributed by atoms with Gasteiger partial charge in [0.15, 0.2) is 0 Å². The second kappa shape index (κ2) is 8.60. The van der Waals surface area contributed by atoms with E-state index in [1.165, 1.54) is 12.1 Å². The van der Waals surface area contributed by atoms with E-state index >= 15 is 0 Å². The Morgan fingerprint density at radius 1 is 1.28 bits per heavy atom. The van der Waals surface area contributed by atoms with Crippen LogP contribution in [0.4, 0.5) is 4.39 Å². The molecule has 4 nitrogen and oxygen atoms in total. The molecule has 0 bridgehead atoms. The van der Waals surface area contributed by atoms with E-state index in [0.717, 1.165) is 5.56 Å². The first kappa shape index (κ1) is 14.6. The van der Waals surface area contributed by atoms with Gasteiger partial charge in [-0.3, -0.25) is 4.79 Å². The third-order valence-electron chi connectivity index (χ3n) is 2.40. The Morgan fingerprint density at radius 2 is 2.00 bits per heavy atom. The van der Waals surface area contributed by atoms with Crippen LogP contribution in [0.3, 0.4) is 0 Å². The summed E-state index contributed by atoms with van der Waals surface area (Å²) in [5, 5.41) is 5.86. The minimum Gasteiger partial charge on any atom is -0.383 e. The molecule has 0 fully saturated rings. The van der Waals surface area contributed by atoms with Crippen LogP contribution in [0.15, 0.2) is 24.3 Å². The first-order chi connectivity index (χ1) is 8.72. The molecule has 0 aromatic heterocycles.